The number of aromatic hydroxyl groups is 1. The second kappa shape index (κ2) is 8.37. The van der Waals surface area contributed by atoms with Crippen molar-refractivity contribution in [2.45, 2.75) is 37.5 Å². The minimum absolute atomic E-state index is 0.0389. The maximum absolute atomic E-state index is 13.7. The summed E-state index contributed by atoms with van der Waals surface area (Å²) in [6.45, 7) is 1.47. The van der Waals surface area contributed by atoms with Gasteiger partial charge in [0, 0.05) is 11.5 Å². The highest BCUT2D eigenvalue weighted by atomic mass is 16.3. The molecule has 3 unspecified atom stereocenters. The number of fused-ring (bicyclic) bond motifs is 3. The highest BCUT2D eigenvalue weighted by Gasteiger charge is 2.69. The molecule has 7 atom stereocenters. The number of hydrogen-bond acceptors (Lipinski definition) is 9. The Labute approximate surface area is 201 Å². The van der Waals surface area contributed by atoms with Crippen LogP contribution in [0, 0.1) is 35.5 Å². The molecule has 35 heavy (non-hydrogen) atoms. The van der Waals surface area contributed by atoms with Gasteiger partial charge in [0.15, 0.2) is 34.7 Å². The van der Waals surface area contributed by atoms with E-state index in [9.17, 15) is 39.3 Å². The van der Waals surface area contributed by atoms with Gasteiger partial charge in [0.05, 0.1) is 17.5 Å². The van der Waals surface area contributed by atoms with Crippen molar-refractivity contribution in [3.8, 4) is 17.6 Å². The van der Waals surface area contributed by atoms with Crippen LogP contribution in [0.1, 0.15) is 34.8 Å². The Balaban J connectivity index is 1.87. The molecule has 0 heterocycles. The number of carbonyl (C=O) groups excluding carboxylic acids is 5. The summed E-state index contributed by atoms with van der Waals surface area (Å²) in [5.41, 5.74) is 3.20. The van der Waals surface area contributed by atoms with Crippen molar-refractivity contribution in [3.05, 3.63) is 28.8 Å². The topological polar surface area (TPSA) is 175 Å². The molecule has 5 N–H and O–H groups in total. The number of phenolic OH excluding ortho intramolecular Hbond substituents is 1. The fraction of sp³-hybridized carbons (Fsp3) is 0.480. The van der Waals surface area contributed by atoms with Crippen molar-refractivity contribution in [3.63, 3.8) is 0 Å². The van der Waals surface area contributed by atoms with E-state index in [0.717, 1.165) is 0 Å². The Hall–Kier alpha value is -3.39. The van der Waals surface area contributed by atoms with Crippen molar-refractivity contribution in [2.24, 2.45) is 29.4 Å². The highest BCUT2D eigenvalue weighted by molar-refractivity contribution is 6.32. The molecule has 2 saturated carbocycles. The van der Waals surface area contributed by atoms with Gasteiger partial charge in [-0.25, -0.2) is 0 Å². The Kier molecular flexibility index (Phi) is 5.92. The van der Waals surface area contributed by atoms with E-state index in [0.29, 0.717) is 11.1 Å². The van der Waals surface area contributed by atoms with Crippen molar-refractivity contribution in [2.75, 3.05) is 14.1 Å². The quantitative estimate of drug-likeness (QED) is 0.292. The van der Waals surface area contributed by atoms with Crippen LogP contribution in [0.4, 0.5) is 0 Å². The molecule has 1 amide bonds. The molecule has 0 spiro atoms. The summed E-state index contributed by atoms with van der Waals surface area (Å²) in [5, 5.41) is 31.5. The van der Waals surface area contributed by atoms with Crippen LogP contribution in [0.25, 0.3) is 0 Å². The average molecular weight is 482 g/mol. The molecule has 2 fully saturated rings. The summed E-state index contributed by atoms with van der Waals surface area (Å²) in [5.74, 6) is -5.57. The number of hydrogen-bond donors (Lipinski definition) is 4. The lowest BCUT2D eigenvalue weighted by molar-refractivity contribution is -0.181. The van der Waals surface area contributed by atoms with E-state index < -0.39 is 70.5 Å². The number of phenols is 1. The third-order valence-electron chi connectivity index (χ3n) is 7.36. The summed E-state index contributed by atoms with van der Waals surface area (Å²) in [4.78, 5) is 66.9. The Morgan fingerprint density at radius 3 is 2.43 bits per heavy atom. The zero-order chi connectivity index (χ0) is 26.0. The van der Waals surface area contributed by atoms with Gasteiger partial charge in [-0.1, -0.05) is 11.8 Å². The Morgan fingerprint density at radius 2 is 1.86 bits per heavy atom. The van der Waals surface area contributed by atoms with Crippen LogP contribution in [0.3, 0.4) is 0 Å². The van der Waals surface area contributed by atoms with Gasteiger partial charge < -0.3 is 21.1 Å². The van der Waals surface area contributed by atoms with E-state index in [1.54, 1.807) is 0 Å². The summed E-state index contributed by atoms with van der Waals surface area (Å²) < 4.78 is 0. The predicted octanol–water partition coefficient (Wildman–Crippen LogP) is -1.40. The van der Waals surface area contributed by atoms with E-state index in [-0.39, 0.29) is 24.2 Å². The van der Waals surface area contributed by atoms with E-state index in [2.05, 4.69) is 11.8 Å². The number of Topliss-reactive ketones (excluding diaryl/α,β-unsaturated/α-hetero) is 4. The molecule has 1 aromatic carbocycles. The minimum atomic E-state index is -2.75. The third kappa shape index (κ3) is 3.50. The molecule has 0 aromatic heterocycles. The van der Waals surface area contributed by atoms with E-state index >= 15 is 0 Å². The molecule has 0 saturated heterocycles. The first-order valence-corrected chi connectivity index (χ1v) is 11.2. The van der Waals surface area contributed by atoms with Crippen LogP contribution < -0.4 is 5.73 Å². The number of carbonyl (C=O) groups is 5. The highest BCUT2D eigenvalue weighted by Crippen LogP contribution is 2.50. The number of nitrogens with two attached hydrogens (primary N) is 1. The van der Waals surface area contributed by atoms with Gasteiger partial charge in [-0.2, -0.15) is 0 Å². The average Bonchev–Trinajstić information content (AvgIpc) is 2.75. The molecule has 0 bridgehead atoms. The lowest BCUT2D eigenvalue weighted by Gasteiger charge is -2.52. The van der Waals surface area contributed by atoms with Crippen LogP contribution >= 0.6 is 0 Å². The number of likely N-dealkylation sites (N-methyl/N-ethyl adjacent to an activating group) is 1. The molecule has 10 heteroatoms. The van der Waals surface area contributed by atoms with Crippen LogP contribution in [-0.2, 0) is 25.6 Å². The molecule has 10 nitrogen and oxygen atoms in total. The zero-order valence-corrected chi connectivity index (χ0v) is 19.4. The second-order valence-electron chi connectivity index (χ2n) is 9.72. The standard InChI is InChI=1S/C25H26N2O8/c1-10(28)4-5-11-6-7-15(29)17-13(11)8-12-9-14-19(27(2)3)21(31)18(24(26)34)23(33)25(14,35)22(32)16(12)20(17)30/h6-7,10,12,14,16,18-19,28-29,35H,8-9H2,1-3H3,(H2,26,34)/t10?,12-,14-,16?,18?,19-,25-/m1/s1. The molecular formula is C25H26N2O8. The molecule has 184 valence electrons. The lowest BCUT2D eigenvalue weighted by Crippen LogP contribution is -2.74. The second-order valence-corrected chi connectivity index (χ2v) is 9.72. The summed E-state index contributed by atoms with van der Waals surface area (Å²) in [7, 11) is 3.05. The molecule has 0 radical (unpaired) electrons. The van der Waals surface area contributed by atoms with Gasteiger partial charge in [-0.3, -0.25) is 28.9 Å². The fourth-order valence-corrected chi connectivity index (χ4v) is 5.90. The first kappa shape index (κ1) is 24.7. The van der Waals surface area contributed by atoms with Crippen LogP contribution in [-0.4, -0.2) is 81.1 Å². The monoisotopic (exact) mass is 482 g/mol. The van der Waals surface area contributed by atoms with E-state index in [4.69, 9.17) is 5.73 Å². The number of nitrogens with zero attached hydrogens (tertiary/aromatic N) is 1. The third-order valence-corrected chi connectivity index (χ3v) is 7.36. The maximum atomic E-state index is 13.7. The summed E-state index contributed by atoms with van der Waals surface area (Å²) in [6, 6.07) is 1.60. The molecule has 3 aliphatic carbocycles. The van der Waals surface area contributed by atoms with Crippen LogP contribution in [0.2, 0.25) is 0 Å². The molecule has 4 rings (SSSR count). The number of aliphatic hydroxyl groups is 2. The van der Waals surface area contributed by atoms with E-state index in [1.807, 2.05) is 0 Å². The van der Waals surface area contributed by atoms with Crippen LogP contribution in [0.5, 0.6) is 5.75 Å². The van der Waals surface area contributed by atoms with Gasteiger partial charge in [-0.05, 0) is 57.5 Å². The smallest absolute Gasteiger partial charge is 0.235 e. The maximum Gasteiger partial charge on any atom is 0.235 e. The van der Waals surface area contributed by atoms with Gasteiger partial charge in [0.2, 0.25) is 5.91 Å². The normalized spacial score (nSPS) is 32.8. The summed E-state index contributed by atoms with van der Waals surface area (Å²) in [6.07, 6.45) is -0.858. The van der Waals surface area contributed by atoms with Crippen LogP contribution in [0.15, 0.2) is 12.1 Å². The molecule has 1 aromatic rings. The number of ketones is 4. The Morgan fingerprint density at radius 1 is 1.20 bits per heavy atom. The zero-order valence-electron chi connectivity index (χ0n) is 19.4. The minimum Gasteiger partial charge on any atom is -0.507 e. The van der Waals surface area contributed by atoms with Crippen molar-refractivity contribution >= 4 is 29.0 Å². The molecular weight excluding hydrogens is 456 g/mol. The first-order valence-electron chi connectivity index (χ1n) is 11.2. The summed E-state index contributed by atoms with van der Waals surface area (Å²) >= 11 is 0. The van der Waals surface area contributed by atoms with Gasteiger partial charge in [-0.15, -0.1) is 0 Å². The van der Waals surface area contributed by atoms with Gasteiger partial charge in [0.1, 0.15) is 11.9 Å². The largest absolute Gasteiger partial charge is 0.507 e. The van der Waals surface area contributed by atoms with E-state index in [1.165, 1.54) is 38.1 Å². The first-order chi connectivity index (χ1) is 16.3. The lowest BCUT2D eigenvalue weighted by atomic mass is 9.52. The Bertz CT molecular complexity index is 1240. The molecule has 0 aliphatic heterocycles. The number of rotatable bonds is 2. The number of primary amides is 1. The number of amides is 1. The SMILES string of the molecule is CC(O)C#Cc1ccc(O)c2c1C[C@@H]1C[C@@H]3[C@@H](N(C)C)C(=O)C(C(N)=O)C(=O)[C@]3(O)C(=O)C1C2=O. The van der Waals surface area contributed by atoms with Gasteiger partial charge >= 0.3 is 0 Å². The van der Waals surface area contributed by atoms with Gasteiger partial charge in [0.25, 0.3) is 0 Å². The number of aliphatic hydroxyl groups excluding tert-OH is 1. The fourth-order valence-electron chi connectivity index (χ4n) is 5.90. The van der Waals surface area contributed by atoms with Crippen molar-refractivity contribution < 1.29 is 39.3 Å². The van der Waals surface area contributed by atoms with Crippen molar-refractivity contribution in [1.82, 2.24) is 4.90 Å². The van der Waals surface area contributed by atoms with Crippen molar-refractivity contribution in [1.29, 1.82) is 0 Å². The molecule has 3 aliphatic rings. The predicted molar refractivity (Wildman–Crippen MR) is 120 cm³/mol. The number of benzene rings is 1.